The van der Waals surface area contributed by atoms with Crippen molar-refractivity contribution < 1.29 is 40.2 Å². The number of nitrogens with one attached hydrogen (secondary N) is 1. The van der Waals surface area contributed by atoms with Gasteiger partial charge in [0.25, 0.3) is 0 Å². The van der Waals surface area contributed by atoms with Crippen LogP contribution < -0.4 is 5.32 Å². The van der Waals surface area contributed by atoms with Crippen LogP contribution >= 0.6 is 11.8 Å². The van der Waals surface area contributed by atoms with Gasteiger partial charge in [0.2, 0.25) is 0 Å². The fraction of sp³-hybridized carbons (Fsp3) is 0.778. The lowest BCUT2D eigenvalue weighted by atomic mass is 10.0. The first-order chi connectivity index (χ1) is 8.75. The molecule has 1 heterocycles. The highest BCUT2D eigenvalue weighted by atomic mass is 32.2. The Hall–Kier alpha value is -0.910. The van der Waals surface area contributed by atoms with E-state index < -0.39 is 47.8 Å². The number of aliphatic carboxylic acids is 2. The summed E-state index contributed by atoms with van der Waals surface area (Å²) < 4.78 is 0. The van der Waals surface area contributed by atoms with E-state index in [4.69, 9.17) is 15.3 Å². The van der Waals surface area contributed by atoms with Gasteiger partial charge in [-0.15, -0.1) is 11.8 Å². The molecule has 110 valence electrons. The standard InChI is InChI=1S/C9H15NO8S/c11-3(4(12)6(14)9(17)18)5(13)7-10-2(1-19-7)8(15)16/h2-7,10-14H,1H2,(H,15,16)(H,17,18)/t2-,3+,4-,5+,6-,7+/m0/s1. The second-order valence-corrected chi connectivity index (χ2v) is 5.24. The van der Waals surface area contributed by atoms with E-state index >= 15 is 0 Å². The fourth-order valence-corrected chi connectivity index (χ4v) is 2.81. The van der Waals surface area contributed by atoms with Crippen molar-refractivity contribution in [1.82, 2.24) is 5.32 Å². The molecule has 0 saturated carbocycles. The minimum absolute atomic E-state index is 0.154. The van der Waals surface area contributed by atoms with Gasteiger partial charge in [-0.05, 0) is 0 Å². The van der Waals surface area contributed by atoms with Crippen molar-refractivity contribution in [2.45, 2.75) is 35.8 Å². The summed E-state index contributed by atoms with van der Waals surface area (Å²) in [4.78, 5) is 21.1. The van der Waals surface area contributed by atoms with E-state index in [1.165, 1.54) is 0 Å². The second-order valence-electron chi connectivity index (χ2n) is 4.07. The summed E-state index contributed by atoms with van der Waals surface area (Å²) >= 11 is 1.01. The summed E-state index contributed by atoms with van der Waals surface area (Å²) in [6.45, 7) is 0. The molecule has 0 spiro atoms. The molecule has 1 aliphatic heterocycles. The van der Waals surface area contributed by atoms with Crippen molar-refractivity contribution in [3.8, 4) is 0 Å². The van der Waals surface area contributed by atoms with Gasteiger partial charge in [0, 0.05) is 5.75 Å². The molecule has 0 aromatic rings. The molecule has 0 aromatic heterocycles. The molecule has 10 heteroatoms. The van der Waals surface area contributed by atoms with Crippen LogP contribution in [0.3, 0.4) is 0 Å². The van der Waals surface area contributed by atoms with Crippen molar-refractivity contribution in [2.24, 2.45) is 0 Å². The van der Waals surface area contributed by atoms with E-state index in [0.29, 0.717) is 0 Å². The van der Waals surface area contributed by atoms with Crippen LogP contribution in [0.2, 0.25) is 0 Å². The van der Waals surface area contributed by atoms with E-state index in [-0.39, 0.29) is 5.75 Å². The summed E-state index contributed by atoms with van der Waals surface area (Å²) in [5, 5.41) is 56.5. The largest absolute Gasteiger partial charge is 0.480 e. The van der Waals surface area contributed by atoms with Gasteiger partial charge in [-0.25, -0.2) is 4.79 Å². The van der Waals surface area contributed by atoms with E-state index in [9.17, 15) is 24.9 Å². The molecule has 0 amide bonds. The Labute approximate surface area is 111 Å². The Balaban J connectivity index is 2.60. The first kappa shape index (κ1) is 16.1. The predicted octanol–water partition coefficient (Wildman–Crippen LogP) is -3.37. The van der Waals surface area contributed by atoms with Gasteiger partial charge in [0.1, 0.15) is 24.4 Å². The maximum absolute atomic E-state index is 10.7. The maximum Gasteiger partial charge on any atom is 0.335 e. The molecule has 0 bridgehead atoms. The summed E-state index contributed by atoms with van der Waals surface area (Å²) in [6.07, 6.45) is -7.88. The summed E-state index contributed by atoms with van der Waals surface area (Å²) in [6, 6.07) is -0.904. The van der Waals surface area contributed by atoms with E-state index in [0.717, 1.165) is 11.8 Å². The number of aliphatic hydroxyl groups excluding tert-OH is 4. The molecule has 1 fully saturated rings. The van der Waals surface area contributed by atoms with Crippen LogP contribution in [0.4, 0.5) is 0 Å². The smallest absolute Gasteiger partial charge is 0.335 e. The molecule has 1 aliphatic rings. The van der Waals surface area contributed by atoms with Gasteiger partial charge in [-0.3, -0.25) is 10.1 Å². The number of thioether (sulfide) groups is 1. The minimum atomic E-state index is -2.24. The Morgan fingerprint density at radius 1 is 1.11 bits per heavy atom. The van der Waals surface area contributed by atoms with Crippen molar-refractivity contribution in [3.05, 3.63) is 0 Å². The van der Waals surface area contributed by atoms with Crippen LogP contribution in [-0.2, 0) is 9.59 Å². The summed E-state index contributed by atoms with van der Waals surface area (Å²) in [5.74, 6) is -2.71. The predicted molar refractivity (Wildman–Crippen MR) is 62.5 cm³/mol. The van der Waals surface area contributed by atoms with Crippen LogP contribution in [0, 0.1) is 0 Å². The van der Waals surface area contributed by atoms with Crippen molar-refractivity contribution in [3.63, 3.8) is 0 Å². The molecule has 6 atom stereocenters. The van der Waals surface area contributed by atoms with Crippen molar-refractivity contribution in [1.29, 1.82) is 0 Å². The van der Waals surface area contributed by atoms with Crippen LogP contribution in [0.25, 0.3) is 0 Å². The number of carbonyl (C=O) groups is 2. The Kier molecular flexibility index (Phi) is 5.52. The third kappa shape index (κ3) is 3.78. The monoisotopic (exact) mass is 297 g/mol. The van der Waals surface area contributed by atoms with Crippen LogP contribution in [0.15, 0.2) is 0 Å². The van der Waals surface area contributed by atoms with Gasteiger partial charge in [0.15, 0.2) is 6.10 Å². The molecule has 0 unspecified atom stereocenters. The van der Waals surface area contributed by atoms with E-state index in [2.05, 4.69) is 5.32 Å². The SMILES string of the molecule is O=C(O)[C@@H]1CS[C@H]([C@H](O)[C@H](O)[C@H](O)[C@H](O)C(=O)O)N1. The topological polar surface area (TPSA) is 168 Å². The highest BCUT2D eigenvalue weighted by Gasteiger charge is 2.41. The zero-order valence-electron chi connectivity index (χ0n) is 9.58. The molecule has 0 aliphatic carbocycles. The molecule has 1 rings (SSSR count). The van der Waals surface area contributed by atoms with Gasteiger partial charge >= 0.3 is 11.9 Å². The van der Waals surface area contributed by atoms with Gasteiger partial charge in [0.05, 0.1) is 5.37 Å². The van der Waals surface area contributed by atoms with Gasteiger partial charge < -0.3 is 30.6 Å². The third-order valence-corrected chi connectivity index (χ3v) is 3.99. The number of hydrogen-bond donors (Lipinski definition) is 7. The summed E-state index contributed by atoms with van der Waals surface area (Å²) in [5.41, 5.74) is 0. The molecule has 0 aromatic carbocycles. The minimum Gasteiger partial charge on any atom is -0.480 e. The average molecular weight is 297 g/mol. The van der Waals surface area contributed by atoms with Crippen molar-refractivity contribution >= 4 is 23.7 Å². The Morgan fingerprint density at radius 2 is 1.68 bits per heavy atom. The molecule has 7 N–H and O–H groups in total. The zero-order valence-corrected chi connectivity index (χ0v) is 10.4. The quantitative estimate of drug-likeness (QED) is 0.263. The van der Waals surface area contributed by atoms with Crippen LogP contribution in [0.1, 0.15) is 0 Å². The number of aliphatic hydroxyl groups is 4. The van der Waals surface area contributed by atoms with E-state index in [1.807, 2.05) is 0 Å². The van der Waals surface area contributed by atoms with Crippen molar-refractivity contribution in [2.75, 3.05) is 5.75 Å². The fourth-order valence-electron chi connectivity index (χ4n) is 1.55. The normalized spacial score (nSPS) is 29.5. The highest BCUT2D eigenvalue weighted by Crippen LogP contribution is 2.24. The molecular weight excluding hydrogens is 282 g/mol. The lowest BCUT2D eigenvalue weighted by Crippen LogP contribution is -2.53. The molecule has 0 radical (unpaired) electrons. The van der Waals surface area contributed by atoms with Gasteiger partial charge in [-0.1, -0.05) is 0 Å². The number of carboxylic acids is 2. The first-order valence-electron chi connectivity index (χ1n) is 5.31. The highest BCUT2D eigenvalue weighted by molar-refractivity contribution is 8.00. The number of rotatable bonds is 6. The second kappa shape index (κ2) is 6.50. The van der Waals surface area contributed by atoms with E-state index in [1.54, 1.807) is 0 Å². The molecule has 9 nitrogen and oxygen atoms in total. The lowest BCUT2D eigenvalue weighted by Gasteiger charge is -2.28. The van der Waals surface area contributed by atoms with Crippen LogP contribution in [0.5, 0.6) is 0 Å². The number of hydrogen-bond acceptors (Lipinski definition) is 8. The Bertz CT molecular complexity index is 353. The third-order valence-electron chi connectivity index (χ3n) is 2.69. The Morgan fingerprint density at radius 3 is 2.11 bits per heavy atom. The average Bonchev–Trinajstić information content (AvgIpc) is 2.84. The zero-order chi connectivity index (χ0) is 14.7. The van der Waals surface area contributed by atoms with Crippen LogP contribution in [-0.4, -0.2) is 84.2 Å². The maximum atomic E-state index is 10.7. The molecule has 1 saturated heterocycles. The van der Waals surface area contributed by atoms with Gasteiger partial charge in [-0.2, -0.15) is 0 Å². The molecular formula is C9H15NO8S. The summed E-state index contributed by atoms with van der Waals surface area (Å²) in [7, 11) is 0. The molecule has 19 heavy (non-hydrogen) atoms. The lowest BCUT2D eigenvalue weighted by molar-refractivity contribution is -0.162. The first-order valence-corrected chi connectivity index (χ1v) is 6.36. The number of carboxylic acid groups (broad SMARTS) is 2.